The fourth-order valence-corrected chi connectivity index (χ4v) is 4.86. The van der Waals surface area contributed by atoms with Crippen molar-refractivity contribution in [3.63, 3.8) is 0 Å². The van der Waals surface area contributed by atoms with Gasteiger partial charge in [0.1, 0.15) is 17.6 Å². The number of aromatic amines is 1. The number of nitrogens with zero attached hydrogens (tertiary/aromatic N) is 4. The molecular formula is C28H23Cl2N5O2. The van der Waals surface area contributed by atoms with Gasteiger partial charge in [-0.15, -0.1) is 0 Å². The molecule has 0 bridgehead atoms. The van der Waals surface area contributed by atoms with Crippen molar-refractivity contribution >= 4 is 34.8 Å². The molecule has 1 saturated heterocycles. The van der Waals surface area contributed by atoms with Crippen LogP contribution in [0.5, 0.6) is 11.5 Å². The standard InChI is InChI=1S/C28H23Cl2N5O2/c29-21-4-3-5-22(14-21)35-11-10-34(17-28(35)36)25(24-16-32-18-33-24)12-19-8-9-20(15-31)27(13-19)37-26-7-2-1-6-23(26)30/h1-9,13-14,16,18,25H,10-12,17H2,(H,32,33). The van der Waals surface area contributed by atoms with Gasteiger partial charge in [0.05, 0.1) is 35.2 Å². The lowest BCUT2D eigenvalue weighted by Crippen LogP contribution is -2.51. The summed E-state index contributed by atoms with van der Waals surface area (Å²) in [6, 6.07) is 22.0. The Morgan fingerprint density at radius 3 is 2.65 bits per heavy atom. The molecule has 0 saturated carbocycles. The van der Waals surface area contributed by atoms with Crippen molar-refractivity contribution < 1.29 is 9.53 Å². The number of piperazine rings is 1. The Balaban J connectivity index is 1.39. The first kappa shape index (κ1) is 24.8. The van der Waals surface area contributed by atoms with Crippen LogP contribution < -0.4 is 9.64 Å². The molecule has 1 fully saturated rings. The zero-order valence-electron chi connectivity index (χ0n) is 19.8. The third-order valence-corrected chi connectivity index (χ3v) is 6.89. The van der Waals surface area contributed by atoms with E-state index in [-0.39, 0.29) is 18.5 Å². The molecule has 186 valence electrons. The zero-order chi connectivity index (χ0) is 25.8. The predicted molar refractivity (Wildman–Crippen MR) is 143 cm³/mol. The van der Waals surface area contributed by atoms with E-state index in [0.29, 0.717) is 46.6 Å². The predicted octanol–water partition coefficient (Wildman–Crippen LogP) is 6.01. The third kappa shape index (κ3) is 5.62. The molecule has 3 aromatic carbocycles. The first-order valence-corrected chi connectivity index (χ1v) is 12.5. The summed E-state index contributed by atoms with van der Waals surface area (Å²) in [6.45, 7) is 1.45. The summed E-state index contributed by atoms with van der Waals surface area (Å²) in [7, 11) is 0. The van der Waals surface area contributed by atoms with E-state index in [2.05, 4.69) is 20.9 Å². The molecule has 1 aliphatic rings. The number of H-pyrrole nitrogens is 1. The number of amides is 1. The molecule has 1 atom stereocenters. The molecule has 0 aliphatic carbocycles. The maximum absolute atomic E-state index is 13.2. The minimum absolute atomic E-state index is 0.000558. The Morgan fingerprint density at radius 1 is 1.05 bits per heavy atom. The van der Waals surface area contributed by atoms with Crippen molar-refractivity contribution in [1.29, 1.82) is 5.26 Å². The number of carbonyl (C=O) groups is 1. The quantitative estimate of drug-likeness (QED) is 0.315. The first-order chi connectivity index (χ1) is 18.0. The van der Waals surface area contributed by atoms with Gasteiger partial charge in [-0.05, 0) is 54.4 Å². The molecule has 2 heterocycles. The number of rotatable bonds is 7. The van der Waals surface area contributed by atoms with Crippen LogP contribution in [0.1, 0.15) is 22.9 Å². The van der Waals surface area contributed by atoms with Crippen LogP contribution in [0.4, 0.5) is 5.69 Å². The number of benzene rings is 3. The third-order valence-electron chi connectivity index (χ3n) is 6.34. The summed E-state index contributed by atoms with van der Waals surface area (Å²) in [5.41, 5.74) is 3.06. The summed E-state index contributed by atoms with van der Waals surface area (Å²) < 4.78 is 6.02. The molecule has 4 aromatic rings. The number of ether oxygens (including phenoxy) is 1. The fraction of sp³-hybridized carbons (Fsp3) is 0.179. The van der Waals surface area contributed by atoms with Crippen LogP contribution >= 0.6 is 23.2 Å². The topological polar surface area (TPSA) is 85.3 Å². The van der Waals surface area contributed by atoms with Crippen molar-refractivity contribution in [3.05, 3.63) is 106 Å². The normalized spacial score (nSPS) is 14.8. The Kier molecular flexibility index (Phi) is 7.42. The van der Waals surface area contributed by atoms with Gasteiger partial charge in [-0.1, -0.05) is 47.5 Å². The lowest BCUT2D eigenvalue weighted by Gasteiger charge is -2.38. The highest BCUT2D eigenvalue weighted by molar-refractivity contribution is 6.32. The number of aromatic nitrogens is 2. The summed E-state index contributed by atoms with van der Waals surface area (Å²) in [5.74, 6) is 0.907. The van der Waals surface area contributed by atoms with Gasteiger partial charge in [-0.25, -0.2) is 4.98 Å². The highest BCUT2D eigenvalue weighted by atomic mass is 35.5. The Hall–Kier alpha value is -3.83. The van der Waals surface area contributed by atoms with Crippen molar-refractivity contribution in [2.45, 2.75) is 12.5 Å². The molecule has 5 rings (SSSR count). The van der Waals surface area contributed by atoms with Gasteiger partial charge in [0, 0.05) is 30.0 Å². The van der Waals surface area contributed by atoms with Crippen LogP contribution in [0.3, 0.4) is 0 Å². The van der Waals surface area contributed by atoms with Gasteiger partial charge in [0.15, 0.2) is 0 Å². The highest BCUT2D eigenvalue weighted by Gasteiger charge is 2.31. The molecule has 0 spiro atoms. The van der Waals surface area contributed by atoms with E-state index in [1.807, 2.05) is 36.4 Å². The van der Waals surface area contributed by atoms with Crippen LogP contribution in [0.2, 0.25) is 10.0 Å². The second-order valence-corrected chi connectivity index (χ2v) is 9.54. The van der Waals surface area contributed by atoms with E-state index in [9.17, 15) is 10.1 Å². The number of para-hydroxylation sites is 1. The van der Waals surface area contributed by atoms with Crippen molar-refractivity contribution in [2.24, 2.45) is 0 Å². The maximum Gasteiger partial charge on any atom is 0.241 e. The number of halogens is 2. The van der Waals surface area contributed by atoms with Gasteiger partial charge < -0.3 is 14.6 Å². The Labute approximate surface area is 224 Å². The van der Waals surface area contributed by atoms with E-state index in [4.69, 9.17) is 27.9 Å². The van der Waals surface area contributed by atoms with Crippen LogP contribution in [-0.4, -0.2) is 40.4 Å². The lowest BCUT2D eigenvalue weighted by molar-refractivity contribution is -0.122. The minimum atomic E-state index is -0.130. The molecule has 37 heavy (non-hydrogen) atoms. The largest absolute Gasteiger partial charge is 0.454 e. The monoisotopic (exact) mass is 531 g/mol. The van der Waals surface area contributed by atoms with Gasteiger partial charge >= 0.3 is 0 Å². The molecule has 1 unspecified atom stereocenters. The molecule has 1 amide bonds. The lowest BCUT2D eigenvalue weighted by atomic mass is 9.99. The van der Waals surface area contributed by atoms with Crippen LogP contribution in [0.15, 0.2) is 79.3 Å². The smallest absolute Gasteiger partial charge is 0.241 e. The average molecular weight is 532 g/mol. The number of nitrogens with one attached hydrogen (secondary N) is 1. The summed E-state index contributed by atoms with van der Waals surface area (Å²) in [6.07, 6.45) is 4.00. The van der Waals surface area contributed by atoms with Crippen LogP contribution in [-0.2, 0) is 11.2 Å². The molecule has 1 aromatic heterocycles. The second-order valence-electron chi connectivity index (χ2n) is 8.70. The van der Waals surface area contributed by atoms with E-state index in [0.717, 1.165) is 16.9 Å². The Bertz CT molecular complexity index is 1450. The van der Waals surface area contributed by atoms with E-state index in [1.54, 1.807) is 47.8 Å². The van der Waals surface area contributed by atoms with Crippen molar-refractivity contribution in [3.8, 4) is 17.6 Å². The van der Waals surface area contributed by atoms with E-state index >= 15 is 0 Å². The van der Waals surface area contributed by atoms with Gasteiger partial charge in [0.25, 0.3) is 0 Å². The number of nitriles is 1. The summed E-state index contributed by atoms with van der Waals surface area (Å²) in [4.78, 5) is 24.5. The molecule has 1 N–H and O–H groups in total. The maximum atomic E-state index is 13.2. The number of hydrogen-bond donors (Lipinski definition) is 1. The average Bonchev–Trinajstić information content (AvgIpc) is 3.43. The number of imidazole rings is 1. The molecule has 0 radical (unpaired) electrons. The minimum Gasteiger partial charge on any atom is -0.454 e. The van der Waals surface area contributed by atoms with Crippen molar-refractivity contribution in [2.75, 3.05) is 24.5 Å². The molecule has 7 nitrogen and oxygen atoms in total. The number of anilines is 1. The highest BCUT2D eigenvalue weighted by Crippen LogP contribution is 2.33. The zero-order valence-corrected chi connectivity index (χ0v) is 21.3. The number of carbonyl (C=O) groups excluding carboxylic acids is 1. The van der Waals surface area contributed by atoms with Crippen LogP contribution in [0, 0.1) is 11.3 Å². The SMILES string of the molecule is N#Cc1ccc(CC(c2cnc[nH]2)N2CCN(c3cccc(Cl)c3)C(=O)C2)cc1Oc1ccccc1Cl. The molecule has 9 heteroatoms. The summed E-state index contributed by atoms with van der Waals surface area (Å²) >= 11 is 12.4. The van der Waals surface area contributed by atoms with Crippen LogP contribution in [0.25, 0.3) is 0 Å². The molecule has 1 aliphatic heterocycles. The number of hydrogen-bond acceptors (Lipinski definition) is 5. The molecular weight excluding hydrogens is 509 g/mol. The van der Waals surface area contributed by atoms with E-state index in [1.165, 1.54) is 0 Å². The summed E-state index contributed by atoms with van der Waals surface area (Å²) in [5, 5.41) is 10.7. The van der Waals surface area contributed by atoms with Crippen molar-refractivity contribution in [1.82, 2.24) is 14.9 Å². The van der Waals surface area contributed by atoms with Gasteiger partial charge in [0.2, 0.25) is 5.91 Å². The van der Waals surface area contributed by atoms with Gasteiger partial charge in [-0.3, -0.25) is 9.69 Å². The first-order valence-electron chi connectivity index (χ1n) is 11.8. The second kappa shape index (κ2) is 11.1. The fourth-order valence-electron chi connectivity index (χ4n) is 4.50. The Morgan fingerprint density at radius 2 is 1.92 bits per heavy atom. The van der Waals surface area contributed by atoms with Gasteiger partial charge in [-0.2, -0.15) is 5.26 Å². The van der Waals surface area contributed by atoms with E-state index < -0.39 is 0 Å².